The first-order valence-corrected chi connectivity index (χ1v) is 16.3. The van der Waals surface area contributed by atoms with Crippen LogP contribution in [0.25, 0.3) is 0 Å². The Morgan fingerprint density at radius 3 is 1.81 bits per heavy atom. The molecule has 0 aliphatic carbocycles. The Hall–Kier alpha value is -4.53. The minimum Gasteiger partial charge on any atom is -0.481 e. The van der Waals surface area contributed by atoms with Crippen molar-refractivity contribution >= 4 is 41.4 Å². The summed E-state index contributed by atoms with van der Waals surface area (Å²) < 4.78 is 0. The first-order valence-electron chi connectivity index (χ1n) is 16.3. The maximum absolute atomic E-state index is 13.5. The summed E-state index contributed by atoms with van der Waals surface area (Å²) in [7, 11) is 0. The van der Waals surface area contributed by atoms with Crippen LogP contribution in [-0.2, 0) is 40.0 Å². The number of carbonyl (C=O) groups is 7. The number of nitrogens with one attached hydrogen (secondary N) is 5. The Labute approximate surface area is 282 Å². The summed E-state index contributed by atoms with van der Waals surface area (Å²) in [5.74, 6) is -4.83. The fourth-order valence-electron chi connectivity index (χ4n) is 4.74. The van der Waals surface area contributed by atoms with Crippen LogP contribution in [0.3, 0.4) is 0 Å². The molecule has 1 aromatic rings. The summed E-state index contributed by atoms with van der Waals surface area (Å²) in [5.41, 5.74) is 11.9. The number of amides is 6. The Kier molecular flexibility index (Phi) is 18.5. The SMILES string of the molecule is CC(C)C[C@H](NC(=O)[C@H](C)NC(=O)[C@H](CCC(=O)O)NC(=O)[C@@H](N)CC(C)C)C(=O)N[C@@H](Cc1ccccc1)C(=O)NCCCC(N)=O. The molecule has 1 aromatic carbocycles. The average molecular weight is 676 g/mol. The van der Waals surface area contributed by atoms with Crippen LogP contribution in [0.5, 0.6) is 0 Å². The van der Waals surface area contributed by atoms with E-state index in [-0.39, 0.29) is 44.1 Å². The normalized spacial score (nSPS) is 14.2. The van der Waals surface area contributed by atoms with Crippen molar-refractivity contribution in [1.29, 1.82) is 0 Å². The van der Waals surface area contributed by atoms with Crippen molar-refractivity contribution < 1.29 is 38.7 Å². The Bertz CT molecular complexity index is 1240. The van der Waals surface area contributed by atoms with E-state index in [0.29, 0.717) is 12.8 Å². The molecular weight excluding hydrogens is 622 g/mol. The summed E-state index contributed by atoms with van der Waals surface area (Å²) in [4.78, 5) is 87.8. The Morgan fingerprint density at radius 2 is 1.25 bits per heavy atom. The molecular formula is C33H53N7O8. The van der Waals surface area contributed by atoms with E-state index in [1.807, 2.05) is 33.8 Å². The molecule has 268 valence electrons. The van der Waals surface area contributed by atoms with Gasteiger partial charge in [-0.05, 0) is 50.0 Å². The third kappa shape index (κ3) is 16.9. The van der Waals surface area contributed by atoms with E-state index >= 15 is 0 Å². The van der Waals surface area contributed by atoms with Crippen LogP contribution in [0, 0.1) is 11.8 Å². The molecule has 0 radical (unpaired) electrons. The number of carboxylic acids is 1. The summed E-state index contributed by atoms with van der Waals surface area (Å²) in [5, 5.41) is 22.2. The number of rotatable bonds is 22. The van der Waals surface area contributed by atoms with Gasteiger partial charge in [0.1, 0.15) is 24.2 Å². The van der Waals surface area contributed by atoms with Gasteiger partial charge in [-0.2, -0.15) is 0 Å². The molecule has 15 nitrogen and oxygen atoms in total. The predicted octanol–water partition coefficient (Wildman–Crippen LogP) is -0.146. The van der Waals surface area contributed by atoms with Gasteiger partial charge in [0.2, 0.25) is 35.4 Å². The van der Waals surface area contributed by atoms with Crippen molar-refractivity contribution in [2.24, 2.45) is 23.3 Å². The molecule has 1 rings (SSSR count). The highest BCUT2D eigenvalue weighted by molar-refractivity contribution is 5.96. The van der Waals surface area contributed by atoms with Crippen LogP contribution in [-0.4, -0.2) is 83.3 Å². The van der Waals surface area contributed by atoms with Gasteiger partial charge in [-0.15, -0.1) is 0 Å². The van der Waals surface area contributed by atoms with Gasteiger partial charge in [0, 0.05) is 25.8 Å². The molecule has 6 amide bonds. The zero-order valence-corrected chi connectivity index (χ0v) is 28.5. The Balaban J connectivity index is 3.04. The van der Waals surface area contributed by atoms with Crippen LogP contribution in [0.15, 0.2) is 30.3 Å². The largest absolute Gasteiger partial charge is 0.481 e. The summed E-state index contributed by atoms with van der Waals surface area (Å²) in [6.45, 7) is 9.01. The summed E-state index contributed by atoms with van der Waals surface area (Å²) in [6, 6.07) is 3.60. The number of hydrogen-bond acceptors (Lipinski definition) is 8. The van der Waals surface area contributed by atoms with E-state index in [9.17, 15) is 33.6 Å². The van der Waals surface area contributed by atoms with E-state index in [0.717, 1.165) is 5.56 Å². The zero-order chi connectivity index (χ0) is 36.4. The highest BCUT2D eigenvalue weighted by atomic mass is 16.4. The standard InChI is InChI=1S/C33H53N7O8/c1-19(2)16-23(34)30(45)38-24(13-14-28(42)43)32(47)37-21(5)29(44)39-25(17-20(3)4)33(48)40-26(18-22-10-7-6-8-11-22)31(46)36-15-9-12-27(35)41/h6-8,10-11,19-21,23-26H,9,12-18,34H2,1-5H3,(H2,35,41)(H,36,46)(H,37,47)(H,38,45)(H,39,44)(H,40,48)(H,42,43)/t21-,23-,24-,25-,26-/m0/s1. The van der Waals surface area contributed by atoms with Gasteiger partial charge in [0.15, 0.2) is 0 Å². The molecule has 0 spiro atoms. The van der Waals surface area contributed by atoms with Gasteiger partial charge in [0.25, 0.3) is 0 Å². The van der Waals surface area contributed by atoms with Gasteiger partial charge in [0.05, 0.1) is 6.04 Å². The highest BCUT2D eigenvalue weighted by Crippen LogP contribution is 2.09. The second-order valence-corrected chi connectivity index (χ2v) is 12.8. The van der Waals surface area contributed by atoms with E-state index < -0.39 is 78.0 Å². The molecule has 0 aromatic heterocycles. The van der Waals surface area contributed by atoms with Gasteiger partial charge in [-0.25, -0.2) is 0 Å². The smallest absolute Gasteiger partial charge is 0.303 e. The van der Waals surface area contributed by atoms with Crippen molar-refractivity contribution in [1.82, 2.24) is 26.6 Å². The fraction of sp³-hybridized carbons (Fsp3) is 0.606. The van der Waals surface area contributed by atoms with Crippen molar-refractivity contribution in [2.45, 2.75) is 110 Å². The third-order valence-electron chi connectivity index (χ3n) is 7.25. The van der Waals surface area contributed by atoms with Gasteiger partial charge >= 0.3 is 5.97 Å². The second kappa shape index (κ2) is 21.4. The summed E-state index contributed by atoms with van der Waals surface area (Å²) in [6.07, 6.45) is 0.481. The quantitative estimate of drug-likeness (QED) is 0.0760. The van der Waals surface area contributed by atoms with Crippen LogP contribution in [0.2, 0.25) is 0 Å². The minimum atomic E-state index is -1.27. The molecule has 0 saturated carbocycles. The lowest BCUT2D eigenvalue weighted by Crippen LogP contribution is -2.58. The topological polar surface area (TPSA) is 252 Å². The maximum atomic E-state index is 13.5. The monoisotopic (exact) mass is 675 g/mol. The van der Waals surface area contributed by atoms with Crippen LogP contribution in [0.4, 0.5) is 0 Å². The molecule has 0 unspecified atom stereocenters. The van der Waals surface area contributed by atoms with Crippen LogP contribution in [0.1, 0.15) is 78.7 Å². The lowest BCUT2D eigenvalue weighted by atomic mass is 10.0. The van der Waals surface area contributed by atoms with E-state index in [4.69, 9.17) is 16.6 Å². The minimum absolute atomic E-state index is 0.0493. The van der Waals surface area contributed by atoms with Crippen molar-refractivity contribution in [3.8, 4) is 0 Å². The Morgan fingerprint density at radius 1 is 0.688 bits per heavy atom. The molecule has 0 fully saturated rings. The first-order chi connectivity index (χ1) is 22.5. The van der Waals surface area contributed by atoms with Gasteiger partial charge in [-0.3, -0.25) is 33.6 Å². The molecule has 48 heavy (non-hydrogen) atoms. The van der Waals surface area contributed by atoms with E-state index in [2.05, 4.69) is 26.6 Å². The van der Waals surface area contributed by atoms with Gasteiger partial charge < -0.3 is 43.2 Å². The van der Waals surface area contributed by atoms with Crippen molar-refractivity contribution in [3.05, 3.63) is 35.9 Å². The van der Waals surface area contributed by atoms with E-state index in [1.54, 1.807) is 24.3 Å². The highest BCUT2D eigenvalue weighted by Gasteiger charge is 2.31. The van der Waals surface area contributed by atoms with Crippen molar-refractivity contribution in [3.63, 3.8) is 0 Å². The molecule has 0 aliphatic rings. The number of carbonyl (C=O) groups excluding carboxylic acids is 6. The van der Waals surface area contributed by atoms with Crippen LogP contribution >= 0.6 is 0 Å². The van der Waals surface area contributed by atoms with Gasteiger partial charge in [-0.1, -0.05) is 58.0 Å². The van der Waals surface area contributed by atoms with Crippen molar-refractivity contribution in [2.75, 3.05) is 6.54 Å². The lowest BCUT2D eigenvalue weighted by Gasteiger charge is -2.26. The fourth-order valence-corrected chi connectivity index (χ4v) is 4.74. The van der Waals surface area contributed by atoms with E-state index in [1.165, 1.54) is 6.92 Å². The number of nitrogens with two attached hydrogens (primary N) is 2. The maximum Gasteiger partial charge on any atom is 0.303 e. The lowest BCUT2D eigenvalue weighted by molar-refractivity contribution is -0.138. The number of hydrogen-bond donors (Lipinski definition) is 8. The molecule has 5 atom stereocenters. The molecule has 0 saturated heterocycles. The number of benzene rings is 1. The third-order valence-corrected chi connectivity index (χ3v) is 7.25. The number of aliphatic carboxylic acids is 1. The first kappa shape index (κ1) is 41.5. The molecule has 15 heteroatoms. The predicted molar refractivity (Wildman–Crippen MR) is 179 cm³/mol. The molecule has 10 N–H and O–H groups in total. The number of carboxylic acid groups (broad SMARTS) is 1. The molecule has 0 aliphatic heterocycles. The van der Waals surface area contributed by atoms with Crippen LogP contribution < -0.4 is 38.1 Å². The number of primary amides is 1. The second-order valence-electron chi connectivity index (χ2n) is 12.8. The average Bonchev–Trinajstić information content (AvgIpc) is 2.99. The molecule has 0 heterocycles. The molecule has 0 bridgehead atoms. The summed E-state index contributed by atoms with van der Waals surface area (Å²) >= 11 is 0. The zero-order valence-electron chi connectivity index (χ0n) is 28.5.